The number of hydrogen-bond donors (Lipinski definition) is 0. The van der Waals surface area contributed by atoms with E-state index in [0.29, 0.717) is 5.52 Å². The van der Waals surface area contributed by atoms with Gasteiger partial charge < -0.3 is 9.47 Å². The van der Waals surface area contributed by atoms with Gasteiger partial charge >= 0.3 is 11.9 Å². The minimum Gasteiger partial charge on any atom is -0.465 e. The second kappa shape index (κ2) is 4.78. The number of ether oxygens (including phenoxy) is 2. The number of methoxy groups -OCH3 is 2. The third kappa shape index (κ3) is 1.89. The molecule has 0 aliphatic carbocycles. The highest BCUT2D eigenvalue weighted by molar-refractivity contribution is 6.07. The van der Waals surface area contributed by atoms with Crippen LogP contribution in [0, 0.1) is 11.3 Å². The SMILES string of the molecule is COC(=O)c1nn2c(C#N)cccc2c1C(=O)OC. The maximum Gasteiger partial charge on any atom is 0.359 e. The van der Waals surface area contributed by atoms with Gasteiger partial charge in [0.15, 0.2) is 5.69 Å². The Morgan fingerprint density at radius 1 is 1.26 bits per heavy atom. The summed E-state index contributed by atoms with van der Waals surface area (Å²) in [5, 5.41) is 12.9. The molecule has 0 aliphatic heterocycles. The van der Waals surface area contributed by atoms with E-state index < -0.39 is 11.9 Å². The molecule has 0 atom stereocenters. The summed E-state index contributed by atoms with van der Waals surface area (Å²) in [5.74, 6) is -1.49. The van der Waals surface area contributed by atoms with Gasteiger partial charge in [-0.15, -0.1) is 0 Å². The number of esters is 2. The van der Waals surface area contributed by atoms with Gasteiger partial charge in [0.1, 0.15) is 17.3 Å². The number of pyridine rings is 1. The van der Waals surface area contributed by atoms with Gasteiger partial charge in [-0.2, -0.15) is 10.4 Å². The van der Waals surface area contributed by atoms with Crippen molar-refractivity contribution in [3.05, 3.63) is 35.2 Å². The Bertz CT molecular complexity index is 712. The van der Waals surface area contributed by atoms with Crippen molar-refractivity contribution >= 4 is 17.5 Å². The summed E-state index contributed by atoms with van der Waals surface area (Å²) in [5.41, 5.74) is 0.299. The zero-order valence-electron chi connectivity index (χ0n) is 10.2. The smallest absolute Gasteiger partial charge is 0.359 e. The minimum absolute atomic E-state index is 0.0218. The first-order chi connectivity index (χ1) is 9.13. The van der Waals surface area contributed by atoms with Crippen LogP contribution in [0.15, 0.2) is 18.2 Å². The van der Waals surface area contributed by atoms with Crippen molar-refractivity contribution in [1.29, 1.82) is 5.26 Å². The van der Waals surface area contributed by atoms with E-state index in [1.54, 1.807) is 12.1 Å². The molecule has 0 bridgehead atoms. The second-order valence-corrected chi connectivity index (χ2v) is 3.53. The molecular formula is C12H9N3O4. The van der Waals surface area contributed by atoms with Crippen LogP contribution in [0.25, 0.3) is 5.52 Å². The number of carbonyl (C=O) groups excluding carboxylic acids is 2. The number of nitriles is 1. The molecule has 0 saturated carbocycles. The van der Waals surface area contributed by atoms with Crippen molar-refractivity contribution in [1.82, 2.24) is 9.61 Å². The van der Waals surface area contributed by atoms with Crippen LogP contribution in [0.4, 0.5) is 0 Å². The number of hydrogen-bond acceptors (Lipinski definition) is 6. The number of nitrogens with zero attached hydrogens (tertiary/aromatic N) is 3. The molecule has 7 heteroatoms. The Morgan fingerprint density at radius 3 is 2.53 bits per heavy atom. The highest BCUT2D eigenvalue weighted by Gasteiger charge is 2.26. The topological polar surface area (TPSA) is 93.7 Å². The zero-order chi connectivity index (χ0) is 14.0. The van der Waals surface area contributed by atoms with E-state index in [2.05, 4.69) is 14.6 Å². The molecule has 0 fully saturated rings. The van der Waals surface area contributed by atoms with E-state index in [0.717, 1.165) is 0 Å². The third-order valence-electron chi connectivity index (χ3n) is 2.54. The van der Waals surface area contributed by atoms with Crippen molar-refractivity contribution in [2.45, 2.75) is 0 Å². The molecule has 2 aromatic heterocycles. The quantitative estimate of drug-likeness (QED) is 0.740. The van der Waals surface area contributed by atoms with Gasteiger partial charge in [-0.1, -0.05) is 6.07 Å². The van der Waals surface area contributed by atoms with Gasteiger partial charge in [-0.25, -0.2) is 14.1 Å². The fraction of sp³-hybridized carbons (Fsp3) is 0.167. The van der Waals surface area contributed by atoms with E-state index >= 15 is 0 Å². The van der Waals surface area contributed by atoms with Crippen LogP contribution < -0.4 is 0 Å². The van der Waals surface area contributed by atoms with Crippen LogP contribution in [-0.4, -0.2) is 35.8 Å². The first-order valence-corrected chi connectivity index (χ1v) is 5.22. The molecule has 0 aliphatic rings. The molecule has 0 radical (unpaired) electrons. The van der Waals surface area contributed by atoms with Crippen LogP contribution >= 0.6 is 0 Å². The summed E-state index contributed by atoms with van der Waals surface area (Å²) in [6, 6.07) is 6.59. The highest BCUT2D eigenvalue weighted by atomic mass is 16.5. The summed E-state index contributed by atoms with van der Waals surface area (Å²) in [7, 11) is 2.37. The molecule has 2 aromatic rings. The maximum absolute atomic E-state index is 11.8. The van der Waals surface area contributed by atoms with Gasteiger partial charge in [0.2, 0.25) is 0 Å². The molecule has 0 N–H and O–H groups in total. The summed E-state index contributed by atoms with van der Waals surface area (Å²) in [6.45, 7) is 0. The molecule has 0 amide bonds. The summed E-state index contributed by atoms with van der Waals surface area (Å²) in [4.78, 5) is 23.4. The average Bonchev–Trinajstić information content (AvgIpc) is 2.84. The number of aromatic nitrogens is 2. The van der Waals surface area contributed by atoms with E-state index in [-0.39, 0.29) is 17.0 Å². The number of fused-ring (bicyclic) bond motifs is 1. The van der Waals surface area contributed by atoms with Crippen molar-refractivity contribution in [2.75, 3.05) is 14.2 Å². The molecule has 0 aromatic carbocycles. The Morgan fingerprint density at radius 2 is 1.95 bits per heavy atom. The van der Waals surface area contributed by atoms with Crippen LogP contribution in [-0.2, 0) is 9.47 Å². The molecule has 7 nitrogen and oxygen atoms in total. The molecule has 19 heavy (non-hydrogen) atoms. The maximum atomic E-state index is 11.8. The molecule has 0 saturated heterocycles. The lowest BCUT2D eigenvalue weighted by Gasteiger charge is -1.99. The lowest BCUT2D eigenvalue weighted by molar-refractivity contribution is 0.0553. The van der Waals surface area contributed by atoms with Crippen molar-refractivity contribution in [3.63, 3.8) is 0 Å². The van der Waals surface area contributed by atoms with E-state index in [4.69, 9.17) is 5.26 Å². The van der Waals surface area contributed by atoms with E-state index in [9.17, 15) is 9.59 Å². The molecular weight excluding hydrogens is 250 g/mol. The van der Waals surface area contributed by atoms with Crippen LogP contribution in [0.3, 0.4) is 0 Å². The highest BCUT2D eigenvalue weighted by Crippen LogP contribution is 2.19. The summed E-state index contributed by atoms with van der Waals surface area (Å²) < 4.78 is 10.4. The second-order valence-electron chi connectivity index (χ2n) is 3.53. The molecule has 0 spiro atoms. The number of rotatable bonds is 2. The normalized spacial score (nSPS) is 9.95. The first-order valence-electron chi connectivity index (χ1n) is 5.22. The fourth-order valence-corrected chi connectivity index (χ4v) is 1.70. The lowest BCUT2D eigenvalue weighted by Crippen LogP contribution is -2.10. The van der Waals surface area contributed by atoms with Crippen molar-refractivity contribution < 1.29 is 19.1 Å². The predicted octanol–water partition coefficient (Wildman–Crippen LogP) is 0.779. The zero-order valence-corrected chi connectivity index (χ0v) is 10.2. The monoisotopic (exact) mass is 259 g/mol. The van der Waals surface area contributed by atoms with Crippen LogP contribution in [0.1, 0.15) is 26.5 Å². The Balaban J connectivity index is 2.85. The lowest BCUT2D eigenvalue weighted by atomic mass is 10.2. The fourth-order valence-electron chi connectivity index (χ4n) is 1.70. The van der Waals surface area contributed by atoms with Gasteiger partial charge in [0, 0.05) is 0 Å². The van der Waals surface area contributed by atoms with Gasteiger partial charge in [0.05, 0.1) is 19.7 Å². The van der Waals surface area contributed by atoms with Crippen LogP contribution in [0.5, 0.6) is 0 Å². The van der Waals surface area contributed by atoms with Gasteiger partial charge in [-0.05, 0) is 12.1 Å². The van der Waals surface area contributed by atoms with Gasteiger partial charge in [-0.3, -0.25) is 0 Å². The summed E-state index contributed by atoms with van der Waals surface area (Å²) in [6.07, 6.45) is 0. The Labute approximate surface area is 108 Å². The first kappa shape index (κ1) is 12.6. The average molecular weight is 259 g/mol. The predicted molar refractivity (Wildman–Crippen MR) is 62.6 cm³/mol. The van der Waals surface area contributed by atoms with Crippen LogP contribution in [0.2, 0.25) is 0 Å². The standard InChI is InChI=1S/C12H9N3O4/c1-18-11(16)9-8-5-3-4-7(6-13)15(8)14-10(9)12(17)19-2/h3-5H,1-2H3. The van der Waals surface area contributed by atoms with E-state index in [1.807, 2.05) is 6.07 Å². The Hall–Kier alpha value is -2.88. The summed E-state index contributed by atoms with van der Waals surface area (Å²) >= 11 is 0. The van der Waals surface area contributed by atoms with Gasteiger partial charge in [0.25, 0.3) is 0 Å². The molecule has 2 heterocycles. The molecule has 0 unspecified atom stereocenters. The molecule has 2 rings (SSSR count). The third-order valence-corrected chi connectivity index (χ3v) is 2.54. The van der Waals surface area contributed by atoms with E-state index in [1.165, 1.54) is 24.8 Å². The Kier molecular flexibility index (Phi) is 3.16. The van der Waals surface area contributed by atoms with Crippen molar-refractivity contribution in [2.24, 2.45) is 0 Å². The number of carbonyl (C=O) groups is 2. The molecule has 96 valence electrons. The minimum atomic E-state index is -0.770. The largest absolute Gasteiger partial charge is 0.465 e. The van der Waals surface area contributed by atoms with Crippen molar-refractivity contribution in [3.8, 4) is 6.07 Å².